The third kappa shape index (κ3) is 5.48. The molecule has 4 rings (SSSR count). The molecule has 1 aromatic carbocycles. The van der Waals surface area contributed by atoms with Crippen molar-refractivity contribution in [1.82, 2.24) is 19.6 Å². The van der Waals surface area contributed by atoms with Crippen LogP contribution in [0.4, 0.5) is 26.3 Å². The van der Waals surface area contributed by atoms with Gasteiger partial charge in [0.2, 0.25) is 15.9 Å². The molecule has 0 spiro atoms. The fraction of sp³-hybridized carbons (Fsp3) is 0.318. The lowest BCUT2D eigenvalue weighted by molar-refractivity contribution is -0.134. The van der Waals surface area contributed by atoms with Gasteiger partial charge in [-0.25, -0.2) is 26.6 Å². The molecule has 1 fully saturated rings. The minimum absolute atomic E-state index is 0.0456. The van der Waals surface area contributed by atoms with Crippen LogP contribution in [-0.4, -0.2) is 46.9 Å². The van der Waals surface area contributed by atoms with Crippen molar-refractivity contribution in [3.8, 4) is 10.6 Å². The Labute approximate surface area is 211 Å². The molecule has 1 N–H and O–H groups in total. The summed E-state index contributed by atoms with van der Waals surface area (Å²) in [5.74, 6) is -2.47. The minimum atomic E-state index is -4.65. The van der Waals surface area contributed by atoms with Crippen LogP contribution in [0.15, 0.2) is 47.6 Å². The number of halogens is 6. The van der Waals surface area contributed by atoms with E-state index in [2.05, 4.69) is 15.3 Å². The zero-order chi connectivity index (χ0) is 27.1. The topological polar surface area (TPSA) is 92.3 Å². The first-order valence-electron chi connectivity index (χ1n) is 10.7. The Morgan fingerprint density at radius 3 is 2.46 bits per heavy atom. The van der Waals surface area contributed by atoms with Gasteiger partial charge in [-0.05, 0) is 37.3 Å². The third-order valence-corrected chi connectivity index (χ3v) is 8.83. The number of carbonyl (C=O) groups excluding carboxylic acids is 1. The maximum absolute atomic E-state index is 14.5. The quantitative estimate of drug-likeness (QED) is 0.451. The van der Waals surface area contributed by atoms with Crippen molar-refractivity contribution in [2.24, 2.45) is 0 Å². The fourth-order valence-corrected chi connectivity index (χ4v) is 6.47. The van der Waals surface area contributed by atoms with Crippen LogP contribution in [0.1, 0.15) is 23.9 Å². The van der Waals surface area contributed by atoms with E-state index < -0.39 is 63.3 Å². The van der Waals surface area contributed by atoms with Gasteiger partial charge < -0.3 is 5.32 Å². The number of amides is 1. The lowest BCUT2D eigenvalue weighted by Crippen LogP contribution is -2.48. The first-order valence-corrected chi connectivity index (χ1v) is 12.9. The second kappa shape index (κ2) is 10.0. The molecule has 3 aromatic rings. The summed E-state index contributed by atoms with van der Waals surface area (Å²) in [5.41, 5.74) is -0.220. The SMILES string of the molecule is C[C@H]1[C@H](F)C[C@@H](C(=O)NCc2cc(-c3ncc(C(F)(F)F)s3)c(F)cn2)N1S(=O)(=O)c1ccc(F)cc1. The Morgan fingerprint density at radius 2 is 1.84 bits per heavy atom. The highest BCUT2D eigenvalue weighted by Gasteiger charge is 2.49. The molecule has 0 bridgehead atoms. The largest absolute Gasteiger partial charge is 0.427 e. The number of rotatable bonds is 6. The molecule has 2 aromatic heterocycles. The molecule has 0 radical (unpaired) electrons. The number of benzene rings is 1. The molecule has 1 aliphatic heterocycles. The number of nitrogens with one attached hydrogen (secondary N) is 1. The summed E-state index contributed by atoms with van der Waals surface area (Å²) in [5, 5.41) is 2.17. The van der Waals surface area contributed by atoms with E-state index in [9.17, 15) is 39.6 Å². The van der Waals surface area contributed by atoms with E-state index in [0.717, 1.165) is 40.8 Å². The Bertz CT molecular complexity index is 1410. The summed E-state index contributed by atoms with van der Waals surface area (Å²) < 4.78 is 108. The van der Waals surface area contributed by atoms with Crippen molar-refractivity contribution in [1.29, 1.82) is 0 Å². The zero-order valence-electron chi connectivity index (χ0n) is 18.8. The predicted octanol–water partition coefficient (Wildman–Crippen LogP) is 4.31. The van der Waals surface area contributed by atoms with Gasteiger partial charge >= 0.3 is 6.18 Å². The number of hydrogen-bond acceptors (Lipinski definition) is 6. The van der Waals surface area contributed by atoms with Crippen molar-refractivity contribution in [2.45, 2.75) is 49.2 Å². The molecule has 0 saturated carbocycles. The molecule has 198 valence electrons. The van der Waals surface area contributed by atoms with E-state index >= 15 is 0 Å². The zero-order valence-corrected chi connectivity index (χ0v) is 20.5. The molecule has 3 atom stereocenters. The highest BCUT2D eigenvalue weighted by Crippen LogP contribution is 2.37. The highest BCUT2D eigenvalue weighted by atomic mass is 32.2. The predicted molar refractivity (Wildman–Crippen MR) is 120 cm³/mol. The summed E-state index contributed by atoms with van der Waals surface area (Å²) in [6.07, 6.45) is -5.41. The van der Waals surface area contributed by atoms with Gasteiger partial charge in [-0.1, -0.05) is 0 Å². The number of hydrogen-bond donors (Lipinski definition) is 1. The maximum Gasteiger partial charge on any atom is 0.427 e. The van der Waals surface area contributed by atoms with Gasteiger partial charge in [0, 0.05) is 12.0 Å². The van der Waals surface area contributed by atoms with E-state index in [-0.39, 0.29) is 39.0 Å². The van der Waals surface area contributed by atoms with Gasteiger partial charge in [-0.15, -0.1) is 11.3 Å². The van der Waals surface area contributed by atoms with Crippen molar-refractivity contribution in [2.75, 3.05) is 0 Å². The van der Waals surface area contributed by atoms with Crippen LogP contribution >= 0.6 is 11.3 Å². The number of pyridine rings is 1. The van der Waals surface area contributed by atoms with E-state index in [4.69, 9.17) is 0 Å². The summed E-state index contributed by atoms with van der Waals surface area (Å²) in [7, 11) is -4.37. The van der Waals surface area contributed by atoms with Gasteiger partial charge in [-0.3, -0.25) is 9.78 Å². The number of carbonyl (C=O) groups is 1. The highest BCUT2D eigenvalue weighted by molar-refractivity contribution is 7.89. The van der Waals surface area contributed by atoms with Crippen LogP contribution in [0.5, 0.6) is 0 Å². The first-order chi connectivity index (χ1) is 17.3. The normalized spacial score (nSPS) is 20.8. The number of alkyl halides is 4. The fourth-order valence-electron chi connectivity index (χ4n) is 3.86. The second-order valence-electron chi connectivity index (χ2n) is 8.20. The number of sulfonamides is 1. The number of thiazole rings is 1. The standard InChI is InChI=1S/C22H18F6N4O3S2/c1-11-16(24)7-18(32(11)37(34,35)14-4-2-12(23)3-5-14)20(33)30-8-13-6-15(17(25)9-29-13)21-31-10-19(36-21)22(26,27)28/h2-6,9-11,16,18H,7-8H2,1H3,(H,30,33)/t11-,16+,18-/m0/s1. The van der Waals surface area contributed by atoms with Crippen LogP contribution in [0.3, 0.4) is 0 Å². The van der Waals surface area contributed by atoms with Gasteiger partial charge in [0.25, 0.3) is 0 Å². The average Bonchev–Trinajstić information content (AvgIpc) is 3.44. The summed E-state index contributed by atoms with van der Waals surface area (Å²) in [4.78, 5) is 19.0. The molecule has 37 heavy (non-hydrogen) atoms. The molecule has 0 unspecified atom stereocenters. The third-order valence-electron chi connectivity index (χ3n) is 5.74. The maximum atomic E-state index is 14.5. The van der Waals surface area contributed by atoms with E-state index in [1.165, 1.54) is 6.92 Å². The Hall–Kier alpha value is -3.04. The molecule has 1 amide bonds. The van der Waals surface area contributed by atoms with Gasteiger partial charge in [-0.2, -0.15) is 17.5 Å². The van der Waals surface area contributed by atoms with Gasteiger partial charge in [0.05, 0.1) is 35.6 Å². The molecule has 1 aliphatic rings. The minimum Gasteiger partial charge on any atom is -0.349 e. The van der Waals surface area contributed by atoms with Gasteiger partial charge in [0.15, 0.2) is 5.82 Å². The lowest BCUT2D eigenvalue weighted by Gasteiger charge is -2.26. The smallest absolute Gasteiger partial charge is 0.349 e. The molecule has 0 aliphatic carbocycles. The molecule has 15 heteroatoms. The van der Waals surface area contributed by atoms with Crippen molar-refractivity contribution in [3.05, 3.63) is 64.9 Å². The molecule has 1 saturated heterocycles. The molecular weight excluding hydrogens is 546 g/mol. The second-order valence-corrected chi connectivity index (χ2v) is 11.1. The molecular formula is C22H18F6N4O3S2. The van der Waals surface area contributed by atoms with Crippen molar-refractivity contribution in [3.63, 3.8) is 0 Å². The Morgan fingerprint density at radius 1 is 1.16 bits per heavy atom. The summed E-state index contributed by atoms with van der Waals surface area (Å²) in [6.45, 7) is 0.950. The Balaban J connectivity index is 1.53. The monoisotopic (exact) mass is 564 g/mol. The van der Waals surface area contributed by atoms with Crippen molar-refractivity contribution >= 4 is 27.3 Å². The van der Waals surface area contributed by atoms with Crippen LogP contribution < -0.4 is 5.32 Å². The first kappa shape index (κ1) is 27.0. The number of nitrogens with zero attached hydrogens (tertiary/aromatic N) is 3. The van der Waals surface area contributed by atoms with Crippen molar-refractivity contribution < 1.29 is 39.6 Å². The lowest BCUT2D eigenvalue weighted by atomic mass is 10.1. The van der Waals surface area contributed by atoms with Crippen LogP contribution in [-0.2, 0) is 27.5 Å². The van der Waals surface area contributed by atoms with E-state index in [0.29, 0.717) is 6.20 Å². The van der Waals surface area contributed by atoms with Crippen LogP contribution in [0.2, 0.25) is 0 Å². The van der Waals surface area contributed by atoms with E-state index in [1.54, 1.807) is 0 Å². The number of aromatic nitrogens is 2. The molecule has 7 nitrogen and oxygen atoms in total. The Kier molecular flexibility index (Phi) is 7.32. The van der Waals surface area contributed by atoms with Gasteiger partial charge in [0.1, 0.15) is 27.9 Å². The summed E-state index contributed by atoms with van der Waals surface area (Å²) in [6, 6.07) is 2.34. The van der Waals surface area contributed by atoms with Crippen LogP contribution in [0, 0.1) is 11.6 Å². The van der Waals surface area contributed by atoms with E-state index in [1.807, 2.05) is 0 Å². The molecule has 3 heterocycles. The van der Waals surface area contributed by atoms with Crippen LogP contribution in [0.25, 0.3) is 10.6 Å². The summed E-state index contributed by atoms with van der Waals surface area (Å²) >= 11 is 0.233. The average molecular weight is 565 g/mol.